The van der Waals surface area contributed by atoms with Crippen LogP contribution in [0.5, 0.6) is 11.5 Å². The van der Waals surface area contributed by atoms with Crippen LogP contribution in [-0.2, 0) is 11.3 Å². The predicted octanol–water partition coefficient (Wildman–Crippen LogP) is 0.0268. The number of nitriles is 1. The first-order valence-corrected chi connectivity index (χ1v) is 11.5. The summed E-state index contributed by atoms with van der Waals surface area (Å²) in [6.45, 7) is 9.00. The van der Waals surface area contributed by atoms with Gasteiger partial charge in [-0.1, -0.05) is 19.3 Å². The van der Waals surface area contributed by atoms with Crippen molar-refractivity contribution in [1.82, 2.24) is 5.32 Å². The fraction of sp³-hybridized carbons (Fsp3) is 0.667. The van der Waals surface area contributed by atoms with E-state index in [0.29, 0.717) is 0 Å². The van der Waals surface area contributed by atoms with Crippen molar-refractivity contribution in [2.24, 2.45) is 0 Å². The van der Waals surface area contributed by atoms with Gasteiger partial charge in [-0.3, -0.25) is 4.79 Å². The fourth-order valence-electron chi connectivity index (χ4n) is 4.97. The number of nitrogens with one attached hydrogen (secondary N) is 3. The van der Waals surface area contributed by atoms with Gasteiger partial charge in [0.25, 0.3) is 5.91 Å². The molecule has 7 nitrogen and oxygen atoms in total. The first-order chi connectivity index (χ1) is 14.9. The van der Waals surface area contributed by atoms with Crippen molar-refractivity contribution in [3.05, 3.63) is 23.3 Å². The van der Waals surface area contributed by atoms with Crippen molar-refractivity contribution in [2.75, 3.05) is 40.4 Å². The Balaban J connectivity index is 1.54. The number of quaternary nitrogens is 2. The molecule has 7 heteroatoms. The summed E-state index contributed by atoms with van der Waals surface area (Å²) in [4.78, 5) is 15.7. The lowest BCUT2D eigenvalue weighted by molar-refractivity contribution is -1.02. The van der Waals surface area contributed by atoms with Crippen LogP contribution in [0.2, 0.25) is 0 Å². The first kappa shape index (κ1) is 23.4. The molecule has 2 aliphatic rings. The van der Waals surface area contributed by atoms with Crippen molar-refractivity contribution >= 4 is 5.91 Å². The van der Waals surface area contributed by atoms with E-state index < -0.39 is 5.54 Å². The molecule has 0 radical (unpaired) electrons. The number of amides is 1. The molecule has 3 rings (SSSR count). The van der Waals surface area contributed by atoms with Crippen LogP contribution in [0.4, 0.5) is 0 Å². The summed E-state index contributed by atoms with van der Waals surface area (Å²) in [5.74, 6) is 1.56. The van der Waals surface area contributed by atoms with Gasteiger partial charge >= 0.3 is 0 Å². The fourth-order valence-corrected chi connectivity index (χ4v) is 4.97. The number of benzene rings is 1. The van der Waals surface area contributed by atoms with Gasteiger partial charge < -0.3 is 24.6 Å². The van der Waals surface area contributed by atoms with Gasteiger partial charge in [0.15, 0.2) is 17.5 Å². The molecule has 31 heavy (non-hydrogen) atoms. The molecule has 0 bridgehead atoms. The average molecular weight is 431 g/mol. The molecule has 0 spiro atoms. The molecule has 0 unspecified atom stereocenters. The van der Waals surface area contributed by atoms with E-state index in [1.165, 1.54) is 20.9 Å². The summed E-state index contributed by atoms with van der Waals surface area (Å²) >= 11 is 0. The molecule has 0 aromatic heterocycles. The first-order valence-electron chi connectivity index (χ1n) is 11.5. The number of nitrogens with zero attached hydrogens (tertiary/aromatic N) is 1. The molecule has 1 aromatic rings. The lowest BCUT2D eigenvalue weighted by atomic mass is 9.82. The van der Waals surface area contributed by atoms with Crippen molar-refractivity contribution in [1.29, 1.82) is 5.26 Å². The lowest BCUT2D eigenvalue weighted by Gasteiger charge is -2.36. The van der Waals surface area contributed by atoms with E-state index in [0.717, 1.165) is 76.3 Å². The molecule has 1 atom stereocenters. The van der Waals surface area contributed by atoms with Crippen LogP contribution in [0.15, 0.2) is 12.1 Å². The third-order valence-corrected chi connectivity index (χ3v) is 7.17. The minimum absolute atomic E-state index is 0.0256. The summed E-state index contributed by atoms with van der Waals surface area (Å²) in [5.41, 5.74) is 1.83. The van der Waals surface area contributed by atoms with E-state index in [1.54, 1.807) is 14.2 Å². The molecule has 1 heterocycles. The maximum atomic E-state index is 12.9. The van der Waals surface area contributed by atoms with Crippen LogP contribution >= 0.6 is 0 Å². The monoisotopic (exact) mass is 430 g/mol. The Labute approximate surface area is 186 Å². The SMILES string of the molecule is COc1cc(C)c(C[NH+]2CC[NH+]([C@H](C)C(=O)NC3(C#N)CCCCC3)CC2)cc1OC. The number of piperazine rings is 1. The highest BCUT2D eigenvalue weighted by molar-refractivity contribution is 5.81. The Hall–Kier alpha value is -2.30. The summed E-state index contributed by atoms with van der Waals surface area (Å²) in [7, 11) is 3.33. The molecular weight excluding hydrogens is 392 g/mol. The normalized spacial score (nSPS) is 24.0. The summed E-state index contributed by atoms with van der Waals surface area (Å²) < 4.78 is 10.9. The second-order valence-corrected chi connectivity index (χ2v) is 9.18. The molecule has 1 aliphatic heterocycles. The second-order valence-electron chi connectivity index (χ2n) is 9.18. The van der Waals surface area contributed by atoms with Crippen molar-refractivity contribution in [3.63, 3.8) is 0 Å². The Morgan fingerprint density at radius 2 is 1.74 bits per heavy atom. The summed E-state index contributed by atoms with van der Waals surface area (Å²) in [6, 6.07) is 6.40. The zero-order valence-corrected chi connectivity index (χ0v) is 19.5. The number of carbonyl (C=O) groups excluding carboxylic acids is 1. The zero-order valence-electron chi connectivity index (χ0n) is 19.5. The molecule has 1 saturated heterocycles. The standard InChI is InChI=1S/C24H36N4O3/c1-18-14-21(30-3)22(31-4)15-20(18)16-27-10-12-28(13-11-27)19(2)23(29)26-24(17-25)8-6-5-7-9-24/h14-15,19H,5-13,16H2,1-4H3,(H,26,29)/p+2/t19-/m1/s1. The van der Waals surface area contributed by atoms with E-state index in [2.05, 4.69) is 24.4 Å². The quantitative estimate of drug-likeness (QED) is 0.570. The van der Waals surface area contributed by atoms with E-state index in [4.69, 9.17) is 9.47 Å². The smallest absolute Gasteiger partial charge is 0.279 e. The average Bonchev–Trinajstić information content (AvgIpc) is 2.80. The van der Waals surface area contributed by atoms with Gasteiger partial charge in [0.1, 0.15) is 38.3 Å². The maximum Gasteiger partial charge on any atom is 0.279 e. The van der Waals surface area contributed by atoms with Crippen molar-refractivity contribution in [2.45, 2.75) is 64.1 Å². The number of hydrogen-bond acceptors (Lipinski definition) is 4. The molecule has 1 aromatic carbocycles. The van der Waals surface area contributed by atoms with Gasteiger partial charge in [0.05, 0.1) is 20.3 Å². The Bertz CT molecular complexity index is 806. The number of hydrogen-bond donors (Lipinski definition) is 3. The van der Waals surface area contributed by atoms with Gasteiger partial charge in [-0.15, -0.1) is 0 Å². The van der Waals surface area contributed by atoms with Gasteiger partial charge in [-0.05, 0) is 44.4 Å². The third-order valence-electron chi connectivity index (χ3n) is 7.17. The number of methoxy groups -OCH3 is 2. The summed E-state index contributed by atoms with van der Waals surface area (Å²) in [6.07, 6.45) is 4.75. The molecule has 2 fully saturated rings. The van der Waals surface area contributed by atoms with E-state index in [-0.39, 0.29) is 11.9 Å². The highest BCUT2D eigenvalue weighted by Gasteiger charge is 2.38. The molecule has 170 valence electrons. The number of carbonyl (C=O) groups is 1. The largest absolute Gasteiger partial charge is 0.493 e. The second kappa shape index (κ2) is 10.3. The Morgan fingerprint density at radius 3 is 2.32 bits per heavy atom. The van der Waals surface area contributed by atoms with E-state index in [1.807, 2.05) is 13.0 Å². The van der Waals surface area contributed by atoms with Gasteiger partial charge in [0, 0.05) is 5.56 Å². The highest BCUT2D eigenvalue weighted by Crippen LogP contribution is 2.30. The molecule has 1 aliphatic carbocycles. The predicted molar refractivity (Wildman–Crippen MR) is 118 cm³/mol. The molecule has 1 amide bonds. The molecule has 3 N–H and O–H groups in total. The number of ether oxygens (including phenoxy) is 2. The van der Waals surface area contributed by atoms with Crippen LogP contribution in [-0.4, -0.2) is 57.9 Å². The van der Waals surface area contributed by atoms with Gasteiger partial charge in [-0.25, -0.2) is 0 Å². The Kier molecular flexibility index (Phi) is 7.79. The van der Waals surface area contributed by atoms with Crippen LogP contribution in [0.1, 0.15) is 50.2 Å². The molecule has 1 saturated carbocycles. The highest BCUT2D eigenvalue weighted by atomic mass is 16.5. The number of rotatable bonds is 7. The van der Waals surface area contributed by atoms with Crippen molar-refractivity contribution in [3.8, 4) is 17.6 Å². The van der Waals surface area contributed by atoms with Gasteiger partial charge in [0.2, 0.25) is 0 Å². The van der Waals surface area contributed by atoms with E-state index in [9.17, 15) is 10.1 Å². The minimum Gasteiger partial charge on any atom is -0.493 e. The van der Waals surface area contributed by atoms with E-state index >= 15 is 0 Å². The maximum absolute atomic E-state index is 12.9. The zero-order chi connectivity index (χ0) is 22.4. The topological polar surface area (TPSA) is 80.2 Å². The van der Waals surface area contributed by atoms with Crippen LogP contribution in [0, 0.1) is 18.3 Å². The minimum atomic E-state index is -0.652. The lowest BCUT2D eigenvalue weighted by Crippen LogP contribution is -3.29. The Morgan fingerprint density at radius 1 is 1.13 bits per heavy atom. The van der Waals surface area contributed by atoms with Gasteiger partial charge in [-0.2, -0.15) is 5.26 Å². The van der Waals surface area contributed by atoms with Crippen molar-refractivity contribution < 1.29 is 24.1 Å². The van der Waals surface area contributed by atoms with Crippen LogP contribution < -0.4 is 24.6 Å². The summed E-state index contributed by atoms with van der Waals surface area (Å²) in [5, 5.41) is 12.8. The number of aryl methyl sites for hydroxylation is 1. The third kappa shape index (κ3) is 5.50. The molecular formula is C24H38N4O3+2. The van der Waals surface area contributed by atoms with Crippen LogP contribution in [0.3, 0.4) is 0 Å². The van der Waals surface area contributed by atoms with Crippen LogP contribution in [0.25, 0.3) is 0 Å².